The lowest BCUT2D eigenvalue weighted by Crippen LogP contribution is -2.49. The summed E-state index contributed by atoms with van der Waals surface area (Å²) in [5.74, 6) is -0.442. The summed E-state index contributed by atoms with van der Waals surface area (Å²) in [5.41, 5.74) is -0.0189. The summed E-state index contributed by atoms with van der Waals surface area (Å²) in [6, 6.07) is 4.28. The molecule has 0 aliphatic carbocycles. The SMILES string of the molecule is CCNC(C)(C)C(=O)Nc1ccc(F)cc1I. The van der Waals surface area contributed by atoms with Gasteiger partial charge in [-0.3, -0.25) is 4.79 Å². The molecule has 17 heavy (non-hydrogen) atoms. The Kier molecular flexibility index (Phi) is 4.88. The molecule has 1 aromatic carbocycles. The number of rotatable bonds is 4. The molecule has 0 saturated heterocycles. The fraction of sp³-hybridized carbons (Fsp3) is 0.417. The molecule has 94 valence electrons. The molecular weight excluding hydrogens is 334 g/mol. The molecule has 0 atom stereocenters. The molecular formula is C12H16FIN2O. The lowest BCUT2D eigenvalue weighted by molar-refractivity contribution is -0.121. The van der Waals surface area contributed by atoms with Gasteiger partial charge in [0.25, 0.3) is 0 Å². The Morgan fingerprint density at radius 2 is 2.12 bits per heavy atom. The normalized spacial score (nSPS) is 11.4. The summed E-state index contributed by atoms with van der Waals surface area (Å²) < 4.78 is 13.6. The second kappa shape index (κ2) is 5.77. The Bertz CT molecular complexity index is 421. The molecule has 0 aliphatic heterocycles. The van der Waals surface area contributed by atoms with Crippen molar-refractivity contribution in [3.8, 4) is 0 Å². The number of nitrogens with one attached hydrogen (secondary N) is 2. The topological polar surface area (TPSA) is 41.1 Å². The predicted octanol–water partition coefficient (Wildman–Crippen LogP) is 2.76. The van der Waals surface area contributed by atoms with Crippen molar-refractivity contribution in [1.29, 1.82) is 0 Å². The van der Waals surface area contributed by atoms with Crippen molar-refractivity contribution in [3.05, 3.63) is 27.6 Å². The fourth-order valence-corrected chi connectivity index (χ4v) is 2.00. The third-order valence-electron chi connectivity index (χ3n) is 2.37. The van der Waals surface area contributed by atoms with Gasteiger partial charge >= 0.3 is 0 Å². The van der Waals surface area contributed by atoms with Crippen LogP contribution in [0.1, 0.15) is 20.8 Å². The summed E-state index contributed by atoms with van der Waals surface area (Å²) in [4.78, 5) is 12.0. The third kappa shape index (κ3) is 3.92. The second-order valence-electron chi connectivity index (χ2n) is 4.23. The summed E-state index contributed by atoms with van der Waals surface area (Å²) in [6.07, 6.45) is 0. The van der Waals surface area contributed by atoms with Crippen molar-refractivity contribution in [2.24, 2.45) is 0 Å². The van der Waals surface area contributed by atoms with E-state index in [-0.39, 0.29) is 11.7 Å². The zero-order valence-electron chi connectivity index (χ0n) is 10.1. The van der Waals surface area contributed by atoms with Crippen LogP contribution in [0.2, 0.25) is 0 Å². The first-order chi connectivity index (χ1) is 7.86. The summed E-state index contributed by atoms with van der Waals surface area (Å²) >= 11 is 1.99. The first-order valence-electron chi connectivity index (χ1n) is 5.38. The number of hydrogen-bond acceptors (Lipinski definition) is 2. The van der Waals surface area contributed by atoms with E-state index < -0.39 is 5.54 Å². The molecule has 0 fully saturated rings. The van der Waals surface area contributed by atoms with Gasteiger partial charge in [0.1, 0.15) is 5.82 Å². The monoisotopic (exact) mass is 350 g/mol. The first-order valence-corrected chi connectivity index (χ1v) is 6.46. The van der Waals surface area contributed by atoms with Crippen molar-refractivity contribution >= 4 is 34.2 Å². The highest BCUT2D eigenvalue weighted by atomic mass is 127. The molecule has 0 unspecified atom stereocenters. The van der Waals surface area contributed by atoms with Crippen LogP contribution in [-0.2, 0) is 4.79 Å². The van der Waals surface area contributed by atoms with Crippen LogP contribution < -0.4 is 10.6 Å². The number of carbonyl (C=O) groups excluding carboxylic acids is 1. The van der Waals surface area contributed by atoms with Crippen molar-refractivity contribution in [1.82, 2.24) is 5.32 Å². The maximum atomic E-state index is 12.9. The number of anilines is 1. The van der Waals surface area contributed by atoms with Gasteiger partial charge in [-0.25, -0.2) is 4.39 Å². The third-order valence-corrected chi connectivity index (χ3v) is 3.26. The Morgan fingerprint density at radius 3 is 2.65 bits per heavy atom. The van der Waals surface area contributed by atoms with Gasteiger partial charge in [0.2, 0.25) is 5.91 Å². The zero-order chi connectivity index (χ0) is 13.1. The van der Waals surface area contributed by atoms with Gasteiger partial charge in [-0.1, -0.05) is 6.92 Å². The molecule has 0 heterocycles. The van der Waals surface area contributed by atoms with E-state index in [9.17, 15) is 9.18 Å². The van der Waals surface area contributed by atoms with Crippen LogP contribution in [-0.4, -0.2) is 18.0 Å². The molecule has 1 amide bonds. The summed E-state index contributed by atoms with van der Waals surface area (Å²) in [7, 11) is 0. The molecule has 0 bridgehead atoms. The Hall–Kier alpha value is -0.690. The van der Waals surface area contributed by atoms with E-state index in [1.807, 2.05) is 43.4 Å². The van der Waals surface area contributed by atoms with Gasteiger partial charge in [-0.05, 0) is 61.2 Å². The second-order valence-corrected chi connectivity index (χ2v) is 5.40. The van der Waals surface area contributed by atoms with Gasteiger partial charge in [0.05, 0.1) is 11.2 Å². The predicted molar refractivity (Wildman–Crippen MR) is 75.5 cm³/mol. The molecule has 1 rings (SSSR count). The van der Waals surface area contributed by atoms with Crippen LogP contribution in [0.5, 0.6) is 0 Å². The zero-order valence-corrected chi connectivity index (χ0v) is 12.3. The molecule has 0 spiro atoms. The summed E-state index contributed by atoms with van der Waals surface area (Å²) in [6.45, 7) is 6.27. The van der Waals surface area contributed by atoms with E-state index in [0.717, 1.165) is 0 Å². The van der Waals surface area contributed by atoms with Crippen molar-refractivity contribution < 1.29 is 9.18 Å². The molecule has 3 nitrogen and oxygen atoms in total. The Balaban J connectivity index is 2.81. The van der Waals surface area contributed by atoms with Gasteiger partial charge in [-0.15, -0.1) is 0 Å². The number of benzene rings is 1. The highest BCUT2D eigenvalue weighted by Gasteiger charge is 2.26. The van der Waals surface area contributed by atoms with E-state index in [1.54, 1.807) is 6.07 Å². The highest BCUT2D eigenvalue weighted by molar-refractivity contribution is 14.1. The quantitative estimate of drug-likeness (QED) is 0.820. The van der Waals surface area contributed by atoms with E-state index >= 15 is 0 Å². The fourth-order valence-electron chi connectivity index (χ4n) is 1.39. The van der Waals surface area contributed by atoms with E-state index in [1.165, 1.54) is 12.1 Å². The van der Waals surface area contributed by atoms with Crippen LogP contribution in [0, 0.1) is 9.39 Å². The number of carbonyl (C=O) groups is 1. The molecule has 0 saturated carbocycles. The summed E-state index contributed by atoms with van der Waals surface area (Å²) in [5, 5.41) is 5.87. The Labute approximate surface area is 114 Å². The average molecular weight is 350 g/mol. The lowest BCUT2D eigenvalue weighted by Gasteiger charge is -2.24. The van der Waals surface area contributed by atoms with Crippen LogP contribution in [0.15, 0.2) is 18.2 Å². The molecule has 0 aliphatic rings. The average Bonchev–Trinajstić information content (AvgIpc) is 2.22. The molecule has 2 N–H and O–H groups in total. The van der Waals surface area contributed by atoms with Gasteiger partial charge in [0, 0.05) is 3.57 Å². The van der Waals surface area contributed by atoms with Gasteiger partial charge < -0.3 is 10.6 Å². The van der Waals surface area contributed by atoms with Crippen LogP contribution >= 0.6 is 22.6 Å². The van der Waals surface area contributed by atoms with Crippen molar-refractivity contribution in [2.45, 2.75) is 26.3 Å². The van der Waals surface area contributed by atoms with Crippen molar-refractivity contribution in [2.75, 3.05) is 11.9 Å². The van der Waals surface area contributed by atoms with E-state index in [4.69, 9.17) is 0 Å². The molecule has 0 aromatic heterocycles. The van der Waals surface area contributed by atoms with Crippen molar-refractivity contribution in [3.63, 3.8) is 0 Å². The molecule has 0 radical (unpaired) electrons. The smallest absolute Gasteiger partial charge is 0.244 e. The van der Waals surface area contributed by atoms with Crippen LogP contribution in [0.3, 0.4) is 0 Å². The molecule has 5 heteroatoms. The number of likely N-dealkylation sites (N-methyl/N-ethyl adjacent to an activating group) is 1. The van der Waals surface area contributed by atoms with E-state index in [0.29, 0.717) is 15.8 Å². The minimum absolute atomic E-state index is 0.135. The molecule has 1 aromatic rings. The van der Waals surface area contributed by atoms with Crippen LogP contribution in [0.25, 0.3) is 0 Å². The number of amides is 1. The maximum Gasteiger partial charge on any atom is 0.244 e. The first kappa shape index (κ1) is 14.4. The van der Waals surface area contributed by atoms with E-state index in [2.05, 4.69) is 10.6 Å². The Morgan fingerprint density at radius 1 is 1.47 bits per heavy atom. The minimum Gasteiger partial charge on any atom is -0.324 e. The highest BCUT2D eigenvalue weighted by Crippen LogP contribution is 2.20. The number of hydrogen-bond donors (Lipinski definition) is 2. The van der Waals surface area contributed by atoms with Gasteiger partial charge in [0.15, 0.2) is 0 Å². The lowest BCUT2D eigenvalue weighted by atomic mass is 10.0. The van der Waals surface area contributed by atoms with Gasteiger partial charge in [-0.2, -0.15) is 0 Å². The number of halogens is 2. The maximum absolute atomic E-state index is 12.9. The largest absolute Gasteiger partial charge is 0.324 e. The standard InChI is InChI=1S/C12H16FIN2O/c1-4-15-12(2,3)11(17)16-10-6-5-8(13)7-9(10)14/h5-7,15H,4H2,1-3H3,(H,16,17). The minimum atomic E-state index is -0.647. The van der Waals surface area contributed by atoms with Crippen LogP contribution in [0.4, 0.5) is 10.1 Å².